The van der Waals surface area contributed by atoms with E-state index in [1.54, 1.807) is 0 Å². The van der Waals surface area contributed by atoms with Crippen LogP contribution in [-0.4, -0.2) is 23.1 Å². The number of hydrogen-bond donors (Lipinski definition) is 0. The lowest BCUT2D eigenvalue weighted by Crippen LogP contribution is -2.23. The van der Waals surface area contributed by atoms with Crippen LogP contribution in [0.1, 0.15) is 6.42 Å². The smallest absolute Gasteiger partial charge is 0.310 e. The molecule has 0 bridgehead atoms. The lowest BCUT2D eigenvalue weighted by molar-refractivity contribution is 0.537. The Morgan fingerprint density at radius 3 is 2.86 bits per heavy atom. The molecule has 1 aromatic heterocycles. The summed E-state index contributed by atoms with van der Waals surface area (Å²) in [4.78, 5) is 9.18. The van der Waals surface area contributed by atoms with Crippen LogP contribution in [0.2, 0.25) is 5.02 Å². The van der Waals surface area contributed by atoms with E-state index in [0.717, 1.165) is 24.9 Å². The molecule has 2 unspecified atom stereocenters. The highest BCUT2D eigenvalue weighted by atomic mass is 35.5. The zero-order valence-corrected chi connectivity index (χ0v) is 8.21. The molecule has 3 nitrogen and oxygen atoms in total. The Kier molecular flexibility index (Phi) is 1.68. The largest absolute Gasteiger partial charge is 0.355 e. The van der Waals surface area contributed by atoms with E-state index in [4.69, 9.17) is 11.6 Å². The topological polar surface area (TPSA) is 29.0 Å². The number of piperidine rings is 1. The maximum atomic E-state index is 12.8. The average Bonchev–Trinajstić information content (AvgIpc) is 2.78. The molecule has 0 aromatic carbocycles. The SMILES string of the molecule is Fc1ncc(Cl)c(N2CC3CC3C2)n1. The van der Waals surface area contributed by atoms with Crippen LogP contribution in [0.25, 0.3) is 0 Å². The van der Waals surface area contributed by atoms with Crippen molar-refractivity contribution in [2.75, 3.05) is 18.0 Å². The van der Waals surface area contributed by atoms with Crippen molar-refractivity contribution in [3.05, 3.63) is 17.3 Å². The molecule has 2 atom stereocenters. The van der Waals surface area contributed by atoms with Crippen LogP contribution < -0.4 is 4.90 Å². The molecule has 0 spiro atoms. The molecule has 0 N–H and O–H groups in total. The van der Waals surface area contributed by atoms with E-state index in [9.17, 15) is 4.39 Å². The molecule has 14 heavy (non-hydrogen) atoms. The highest BCUT2D eigenvalue weighted by Gasteiger charge is 2.45. The van der Waals surface area contributed by atoms with Crippen molar-refractivity contribution >= 4 is 17.4 Å². The van der Waals surface area contributed by atoms with Gasteiger partial charge in [0.05, 0.1) is 6.20 Å². The predicted molar refractivity (Wildman–Crippen MR) is 50.8 cm³/mol. The molecule has 2 heterocycles. The van der Waals surface area contributed by atoms with Crippen LogP contribution in [0.5, 0.6) is 0 Å². The van der Waals surface area contributed by atoms with Crippen molar-refractivity contribution in [1.29, 1.82) is 0 Å². The standard InChI is InChI=1S/C9H9ClFN3/c10-7-2-12-9(11)13-8(7)14-3-5-1-6(5)4-14/h2,5-6H,1,3-4H2. The molecule has 1 aliphatic heterocycles. The van der Waals surface area contributed by atoms with Gasteiger partial charge in [0.2, 0.25) is 0 Å². The summed E-state index contributed by atoms with van der Waals surface area (Å²) < 4.78 is 12.8. The second-order valence-corrected chi connectivity index (χ2v) is 4.38. The first kappa shape index (κ1) is 8.41. The van der Waals surface area contributed by atoms with Crippen molar-refractivity contribution in [1.82, 2.24) is 9.97 Å². The summed E-state index contributed by atoms with van der Waals surface area (Å²) in [6.45, 7) is 1.92. The number of aromatic nitrogens is 2. The molecule has 0 radical (unpaired) electrons. The van der Waals surface area contributed by atoms with Crippen LogP contribution in [0.3, 0.4) is 0 Å². The van der Waals surface area contributed by atoms with E-state index >= 15 is 0 Å². The molecule has 0 amide bonds. The highest BCUT2D eigenvalue weighted by Crippen LogP contribution is 2.46. The number of nitrogens with zero attached hydrogens (tertiary/aromatic N) is 3. The number of hydrogen-bond acceptors (Lipinski definition) is 3. The fraction of sp³-hybridized carbons (Fsp3) is 0.556. The van der Waals surface area contributed by atoms with Crippen LogP contribution in [0.4, 0.5) is 10.2 Å². The third-order valence-electron chi connectivity index (χ3n) is 2.97. The molecular weight excluding hydrogens is 205 g/mol. The Balaban J connectivity index is 1.91. The first-order chi connectivity index (χ1) is 6.74. The van der Waals surface area contributed by atoms with Crippen molar-refractivity contribution in [3.8, 4) is 0 Å². The first-order valence-corrected chi connectivity index (χ1v) is 5.05. The highest BCUT2D eigenvalue weighted by molar-refractivity contribution is 6.32. The Morgan fingerprint density at radius 2 is 2.14 bits per heavy atom. The van der Waals surface area contributed by atoms with Gasteiger partial charge in [-0.1, -0.05) is 11.6 Å². The van der Waals surface area contributed by atoms with E-state index in [-0.39, 0.29) is 0 Å². The fourth-order valence-corrected chi connectivity index (χ4v) is 2.34. The molecule has 74 valence electrons. The van der Waals surface area contributed by atoms with Gasteiger partial charge in [0.25, 0.3) is 0 Å². The van der Waals surface area contributed by atoms with Crippen molar-refractivity contribution in [3.63, 3.8) is 0 Å². The molecule has 1 aliphatic carbocycles. The number of fused-ring (bicyclic) bond motifs is 1. The summed E-state index contributed by atoms with van der Waals surface area (Å²) in [7, 11) is 0. The van der Waals surface area contributed by atoms with Gasteiger partial charge in [-0.3, -0.25) is 0 Å². The second kappa shape index (κ2) is 2.79. The van der Waals surface area contributed by atoms with Gasteiger partial charge in [0, 0.05) is 13.1 Å². The minimum absolute atomic E-state index is 0.438. The molecule has 5 heteroatoms. The summed E-state index contributed by atoms with van der Waals surface area (Å²) in [5.74, 6) is 2.11. The summed E-state index contributed by atoms with van der Waals surface area (Å²) >= 11 is 5.91. The van der Waals surface area contributed by atoms with E-state index in [0.29, 0.717) is 10.8 Å². The lowest BCUT2D eigenvalue weighted by atomic mass is 10.4. The maximum absolute atomic E-state index is 12.8. The summed E-state index contributed by atoms with van der Waals surface area (Å²) in [6.07, 6.45) is 1.93. The van der Waals surface area contributed by atoms with E-state index in [2.05, 4.69) is 9.97 Å². The van der Waals surface area contributed by atoms with Gasteiger partial charge in [-0.15, -0.1) is 0 Å². The maximum Gasteiger partial charge on any atom is 0.310 e. The zero-order valence-electron chi connectivity index (χ0n) is 7.45. The molecule has 3 rings (SSSR count). The van der Waals surface area contributed by atoms with Gasteiger partial charge in [0.15, 0.2) is 5.82 Å². The van der Waals surface area contributed by atoms with Crippen molar-refractivity contribution in [2.45, 2.75) is 6.42 Å². The molecule has 1 aromatic rings. The fourth-order valence-electron chi connectivity index (χ4n) is 2.13. The second-order valence-electron chi connectivity index (χ2n) is 3.97. The Labute approximate surface area is 85.9 Å². The first-order valence-electron chi connectivity index (χ1n) is 4.67. The van der Waals surface area contributed by atoms with Crippen molar-refractivity contribution in [2.24, 2.45) is 11.8 Å². The normalized spacial score (nSPS) is 29.1. The molecule has 2 fully saturated rings. The molecule has 2 aliphatic rings. The van der Waals surface area contributed by atoms with Gasteiger partial charge in [0.1, 0.15) is 5.02 Å². The average molecular weight is 214 g/mol. The summed E-state index contributed by atoms with van der Waals surface area (Å²) in [6, 6.07) is 0. The van der Waals surface area contributed by atoms with Crippen LogP contribution >= 0.6 is 11.6 Å². The molecular formula is C9H9ClFN3. The monoisotopic (exact) mass is 213 g/mol. The number of rotatable bonds is 1. The van der Waals surface area contributed by atoms with Gasteiger partial charge in [-0.2, -0.15) is 9.37 Å². The summed E-state index contributed by atoms with van der Waals surface area (Å²) in [5.41, 5.74) is 0. The van der Waals surface area contributed by atoms with E-state index in [1.165, 1.54) is 12.6 Å². The third-order valence-corrected chi connectivity index (χ3v) is 3.24. The third kappa shape index (κ3) is 1.25. The van der Waals surface area contributed by atoms with Gasteiger partial charge in [-0.25, -0.2) is 4.98 Å². The van der Waals surface area contributed by atoms with Crippen LogP contribution in [0.15, 0.2) is 6.20 Å². The van der Waals surface area contributed by atoms with Gasteiger partial charge >= 0.3 is 6.08 Å². The van der Waals surface area contributed by atoms with Gasteiger partial charge < -0.3 is 4.90 Å². The Morgan fingerprint density at radius 1 is 1.43 bits per heavy atom. The minimum atomic E-state index is -0.704. The zero-order chi connectivity index (χ0) is 9.71. The lowest BCUT2D eigenvalue weighted by Gasteiger charge is -2.19. The number of halogens is 2. The van der Waals surface area contributed by atoms with Gasteiger partial charge in [-0.05, 0) is 18.3 Å². The molecule has 1 saturated heterocycles. The van der Waals surface area contributed by atoms with E-state index in [1.807, 2.05) is 4.90 Å². The number of anilines is 1. The summed E-state index contributed by atoms with van der Waals surface area (Å²) in [5, 5.41) is 0.438. The Hall–Kier alpha value is -0.900. The molecule has 1 saturated carbocycles. The predicted octanol–water partition coefficient (Wildman–Crippen LogP) is 1.73. The van der Waals surface area contributed by atoms with Crippen molar-refractivity contribution < 1.29 is 4.39 Å². The van der Waals surface area contributed by atoms with Crippen LogP contribution in [-0.2, 0) is 0 Å². The van der Waals surface area contributed by atoms with Crippen LogP contribution in [0, 0.1) is 17.9 Å². The van der Waals surface area contributed by atoms with E-state index < -0.39 is 6.08 Å². The Bertz CT molecular complexity index is 374. The minimum Gasteiger partial charge on any atom is -0.355 e. The quantitative estimate of drug-likeness (QED) is 0.666.